The summed E-state index contributed by atoms with van der Waals surface area (Å²) >= 11 is 0. The smallest absolute Gasteiger partial charge is 0.222 e. The van der Waals surface area contributed by atoms with Gasteiger partial charge in [0, 0.05) is 31.7 Å². The second-order valence-electron chi connectivity index (χ2n) is 5.46. The van der Waals surface area contributed by atoms with Crippen LogP contribution >= 0.6 is 0 Å². The van der Waals surface area contributed by atoms with Gasteiger partial charge in [-0.1, -0.05) is 13.8 Å². The van der Waals surface area contributed by atoms with Crippen LogP contribution in [0.5, 0.6) is 0 Å². The molecule has 1 fully saturated rings. The first-order valence-corrected chi connectivity index (χ1v) is 7.29. The number of aliphatic hydroxyl groups is 1. The van der Waals surface area contributed by atoms with Gasteiger partial charge in [0.1, 0.15) is 0 Å². The molecule has 0 spiro atoms. The fourth-order valence-corrected chi connectivity index (χ4v) is 2.22. The lowest BCUT2D eigenvalue weighted by molar-refractivity contribution is -0.135. The molecule has 1 rings (SSSR count). The Kier molecular flexibility index (Phi) is 7.28. The summed E-state index contributed by atoms with van der Waals surface area (Å²) in [6.07, 6.45) is 5.75. The lowest BCUT2D eigenvalue weighted by atomic mass is 9.91. The number of nitrogens with zero attached hydrogens (tertiary/aromatic N) is 1. The van der Waals surface area contributed by atoms with Crippen LogP contribution in [0.25, 0.3) is 0 Å². The van der Waals surface area contributed by atoms with Gasteiger partial charge in [0.2, 0.25) is 5.91 Å². The molecule has 4 heteroatoms. The fraction of sp³-hybridized carbons (Fsp3) is 0.929. The number of amides is 1. The third-order valence-electron chi connectivity index (χ3n) is 3.51. The van der Waals surface area contributed by atoms with E-state index in [0.717, 1.165) is 32.4 Å². The minimum absolute atomic E-state index is 0.172. The maximum Gasteiger partial charge on any atom is 0.222 e. The van der Waals surface area contributed by atoms with Gasteiger partial charge < -0.3 is 15.3 Å². The molecule has 2 N–H and O–H groups in total. The molecule has 0 aliphatic heterocycles. The van der Waals surface area contributed by atoms with E-state index in [0.29, 0.717) is 24.9 Å². The second kappa shape index (κ2) is 8.48. The molecule has 0 saturated heterocycles. The van der Waals surface area contributed by atoms with E-state index in [-0.39, 0.29) is 12.5 Å². The van der Waals surface area contributed by atoms with Crippen LogP contribution in [-0.2, 0) is 4.79 Å². The van der Waals surface area contributed by atoms with Crippen molar-refractivity contribution in [2.75, 3.05) is 19.7 Å². The highest BCUT2D eigenvalue weighted by Crippen LogP contribution is 2.25. The van der Waals surface area contributed by atoms with E-state index >= 15 is 0 Å². The van der Waals surface area contributed by atoms with E-state index in [1.807, 2.05) is 4.90 Å². The maximum absolute atomic E-state index is 12.1. The number of hydrogen-bond acceptors (Lipinski definition) is 3. The molecule has 0 radical (unpaired) electrons. The van der Waals surface area contributed by atoms with Gasteiger partial charge in [-0.05, 0) is 38.6 Å². The van der Waals surface area contributed by atoms with Crippen LogP contribution in [-0.4, -0.2) is 47.7 Å². The van der Waals surface area contributed by atoms with Crippen molar-refractivity contribution >= 4 is 5.91 Å². The molecular formula is C14H28N2O2. The number of carbonyl (C=O) groups is 1. The van der Waals surface area contributed by atoms with Gasteiger partial charge in [-0.15, -0.1) is 0 Å². The lowest BCUT2D eigenvalue weighted by Gasteiger charge is -2.37. The van der Waals surface area contributed by atoms with Crippen LogP contribution in [0.3, 0.4) is 0 Å². The van der Waals surface area contributed by atoms with Gasteiger partial charge in [-0.2, -0.15) is 0 Å². The largest absolute Gasteiger partial charge is 0.396 e. The van der Waals surface area contributed by atoms with Crippen molar-refractivity contribution in [3.63, 3.8) is 0 Å². The van der Waals surface area contributed by atoms with Crippen molar-refractivity contribution in [1.29, 1.82) is 0 Å². The molecule has 1 aliphatic carbocycles. The van der Waals surface area contributed by atoms with Gasteiger partial charge in [-0.25, -0.2) is 0 Å². The second-order valence-corrected chi connectivity index (χ2v) is 5.46. The first-order chi connectivity index (χ1) is 8.65. The number of rotatable bonds is 9. The quantitative estimate of drug-likeness (QED) is 0.615. The molecule has 0 aromatic carbocycles. The van der Waals surface area contributed by atoms with Crippen molar-refractivity contribution in [3.8, 4) is 0 Å². The molecule has 1 amide bonds. The summed E-state index contributed by atoms with van der Waals surface area (Å²) in [7, 11) is 0. The Labute approximate surface area is 111 Å². The molecule has 1 aliphatic rings. The third kappa shape index (κ3) is 5.36. The van der Waals surface area contributed by atoms with E-state index in [1.165, 1.54) is 6.42 Å². The van der Waals surface area contributed by atoms with Crippen LogP contribution in [0.2, 0.25) is 0 Å². The zero-order valence-electron chi connectivity index (χ0n) is 11.8. The van der Waals surface area contributed by atoms with Gasteiger partial charge in [0.05, 0.1) is 0 Å². The molecule has 0 aromatic heterocycles. The number of hydrogen-bond donors (Lipinski definition) is 2. The molecule has 106 valence electrons. The number of aliphatic hydroxyl groups excluding tert-OH is 1. The topological polar surface area (TPSA) is 52.6 Å². The summed E-state index contributed by atoms with van der Waals surface area (Å²) in [5, 5.41) is 12.2. The summed E-state index contributed by atoms with van der Waals surface area (Å²) in [6.45, 7) is 6.03. The van der Waals surface area contributed by atoms with E-state index in [2.05, 4.69) is 19.2 Å². The Bertz CT molecular complexity index is 240. The highest BCUT2D eigenvalue weighted by molar-refractivity contribution is 5.76. The Balaban J connectivity index is 2.25. The molecule has 18 heavy (non-hydrogen) atoms. The summed E-state index contributed by atoms with van der Waals surface area (Å²) in [4.78, 5) is 14.1. The van der Waals surface area contributed by atoms with Crippen LogP contribution in [0.1, 0.15) is 52.4 Å². The summed E-state index contributed by atoms with van der Waals surface area (Å²) in [5.41, 5.74) is 0. The predicted octanol–water partition coefficient (Wildman–Crippen LogP) is 1.53. The first-order valence-electron chi connectivity index (χ1n) is 7.29. The van der Waals surface area contributed by atoms with Crippen LogP contribution < -0.4 is 5.32 Å². The van der Waals surface area contributed by atoms with Crippen molar-refractivity contribution in [2.45, 2.75) is 64.5 Å². The van der Waals surface area contributed by atoms with Gasteiger partial charge in [0.25, 0.3) is 0 Å². The number of nitrogens with one attached hydrogen (secondary N) is 1. The van der Waals surface area contributed by atoms with Gasteiger partial charge in [0.15, 0.2) is 0 Å². The van der Waals surface area contributed by atoms with E-state index in [4.69, 9.17) is 5.11 Å². The van der Waals surface area contributed by atoms with Gasteiger partial charge >= 0.3 is 0 Å². The third-order valence-corrected chi connectivity index (χ3v) is 3.51. The highest BCUT2D eigenvalue weighted by Gasteiger charge is 2.27. The van der Waals surface area contributed by atoms with E-state index < -0.39 is 0 Å². The van der Waals surface area contributed by atoms with E-state index in [1.54, 1.807) is 0 Å². The zero-order valence-corrected chi connectivity index (χ0v) is 11.8. The van der Waals surface area contributed by atoms with Crippen molar-refractivity contribution in [2.24, 2.45) is 0 Å². The standard InChI is InChI=1S/C14H28N2O2/c1-12(2)15-9-4-8-14(18)16(10-5-11-17)13-6-3-7-13/h12-13,15,17H,3-11H2,1-2H3. The van der Waals surface area contributed by atoms with Crippen molar-refractivity contribution in [3.05, 3.63) is 0 Å². The van der Waals surface area contributed by atoms with E-state index in [9.17, 15) is 4.79 Å². The summed E-state index contributed by atoms with van der Waals surface area (Å²) in [5.74, 6) is 0.263. The maximum atomic E-state index is 12.1. The van der Waals surface area contributed by atoms with Crippen LogP contribution in [0.15, 0.2) is 0 Å². The SMILES string of the molecule is CC(C)NCCCC(=O)N(CCCO)C1CCC1. The predicted molar refractivity (Wildman–Crippen MR) is 73.4 cm³/mol. The summed E-state index contributed by atoms with van der Waals surface area (Å²) < 4.78 is 0. The first kappa shape index (κ1) is 15.4. The minimum Gasteiger partial charge on any atom is -0.396 e. The highest BCUT2D eigenvalue weighted by atomic mass is 16.3. The molecule has 0 aromatic rings. The molecule has 4 nitrogen and oxygen atoms in total. The Morgan fingerprint density at radius 2 is 2.11 bits per heavy atom. The molecule has 1 saturated carbocycles. The van der Waals surface area contributed by atoms with Crippen molar-refractivity contribution < 1.29 is 9.90 Å². The van der Waals surface area contributed by atoms with Crippen LogP contribution in [0.4, 0.5) is 0 Å². The molecule has 0 unspecified atom stereocenters. The summed E-state index contributed by atoms with van der Waals surface area (Å²) in [6, 6.07) is 0.930. The average molecular weight is 256 g/mol. The minimum atomic E-state index is 0.172. The number of carbonyl (C=O) groups excluding carboxylic acids is 1. The Hall–Kier alpha value is -0.610. The lowest BCUT2D eigenvalue weighted by Crippen LogP contribution is -2.45. The normalized spacial score (nSPS) is 15.8. The molecular weight excluding hydrogens is 228 g/mol. The van der Waals surface area contributed by atoms with Gasteiger partial charge in [-0.3, -0.25) is 4.79 Å². The average Bonchev–Trinajstić information content (AvgIpc) is 2.26. The Morgan fingerprint density at radius 3 is 2.61 bits per heavy atom. The van der Waals surface area contributed by atoms with Crippen molar-refractivity contribution in [1.82, 2.24) is 10.2 Å². The molecule has 0 bridgehead atoms. The molecule has 0 atom stereocenters. The zero-order chi connectivity index (χ0) is 13.4. The fourth-order valence-electron chi connectivity index (χ4n) is 2.22. The monoisotopic (exact) mass is 256 g/mol. The molecule has 0 heterocycles. The Morgan fingerprint density at radius 1 is 1.39 bits per heavy atom. The van der Waals surface area contributed by atoms with Crippen LogP contribution in [0, 0.1) is 0 Å².